The van der Waals surface area contributed by atoms with Gasteiger partial charge in [0.25, 0.3) is 0 Å². The Bertz CT molecular complexity index is 2180. The molecular formula is C48H41N. The molecule has 1 spiro atoms. The molecule has 0 amide bonds. The second-order valence-corrected chi connectivity index (χ2v) is 13.9. The minimum absolute atomic E-state index is 0.113. The van der Waals surface area contributed by atoms with E-state index in [2.05, 4.69) is 175 Å². The Morgan fingerprint density at radius 3 is 1.76 bits per heavy atom. The number of benzene rings is 6. The summed E-state index contributed by atoms with van der Waals surface area (Å²) in [6.07, 6.45) is 14.6. The molecule has 1 nitrogen and oxygen atoms in total. The lowest BCUT2D eigenvalue weighted by molar-refractivity contribution is 0.353. The van der Waals surface area contributed by atoms with Gasteiger partial charge in [0.2, 0.25) is 0 Å². The molecule has 0 bridgehead atoms. The number of allylic oxidation sites excluding steroid dienone is 2. The van der Waals surface area contributed by atoms with Crippen LogP contribution >= 0.6 is 0 Å². The van der Waals surface area contributed by atoms with Gasteiger partial charge < -0.3 is 4.90 Å². The first-order valence-electron chi connectivity index (χ1n) is 18.0. The predicted molar refractivity (Wildman–Crippen MR) is 207 cm³/mol. The van der Waals surface area contributed by atoms with Crippen molar-refractivity contribution in [2.75, 3.05) is 4.90 Å². The lowest BCUT2D eigenvalue weighted by atomic mass is 9.68. The van der Waals surface area contributed by atoms with Crippen LogP contribution in [-0.2, 0) is 5.41 Å². The zero-order valence-electron chi connectivity index (χ0n) is 27.9. The van der Waals surface area contributed by atoms with Gasteiger partial charge in [0, 0.05) is 27.9 Å². The van der Waals surface area contributed by atoms with Crippen molar-refractivity contribution >= 4 is 16.9 Å². The molecule has 6 aromatic carbocycles. The summed E-state index contributed by atoms with van der Waals surface area (Å²) in [5, 5.41) is 0. The molecule has 1 fully saturated rings. The molecule has 1 unspecified atom stereocenters. The Labute approximate surface area is 290 Å². The average Bonchev–Trinajstić information content (AvgIpc) is 3.45. The molecule has 3 aliphatic carbocycles. The van der Waals surface area contributed by atoms with Gasteiger partial charge in [0.1, 0.15) is 0 Å². The highest BCUT2D eigenvalue weighted by Crippen LogP contribution is 2.59. The van der Waals surface area contributed by atoms with Crippen molar-refractivity contribution in [3.63, 3.8) is 0 Å². The smallest absolute Gasteiger partial charge is 0.0560 e. The van der Waals surface area contributed by atoms with Crippen LogP contribution in [0.5, 0.6) is 0 Å². The quantitative estimate of drug-likeness (QED) is 0.177. The zero-order chi connectivity index (χ0) is 32.6. The lowest BCUT2D eigenvalue weighted by Crippen LogP contribution is -2.31. The molecule has 0 radical (unpaired) electrons. The van der Waals surface area contributed by atoms with Crippen LogP contribution in [-0.4, -0.2) is 6.04 Å². The van der Waals surface area contributed by atoms with Crippen molar-refractivity contribution < 1.29 is 0 Å². The minimum Gasteiger partial charge on any atom is -0.333 e. The molecule has 0 saturated heterocycles. The SMILES string of the molecule is C1=CC(N(c2ccccc2-c2ccccc2)c2cccc3c2-c2ccccc2C32CCCCC2)CC=C1c1ccccc1-c1ccccc1. The monoisotopic (exact) mass is 631 g/mol. The maximum atomic E-state index is 2.66. The maximum Gasteiger partial charge on any atom is 0.0560 e. The molecule has 49 heavy (non-hydrogen) atoms. The highest BCUT2D eigenvalue weighted by molar-refractivity contribution is 5.95. The van der Waals surface area contributed by atoms with Crippen LogP contribution in [0.15, 0.2) is 170 Å². The van der Waals surface area contributed by atoms with E-state index in [0.717, 1.165) is 6.42 Å². The van der Waals surface area contributed by atoms with Crippen LogP contribution in [0, 0.1) is 0 Å². The molecule has 0 N–H and O–H groups in total. The van der Waals surface area contributed by atoms with E-state index >= 15 is 0 Å². The third-order valence-electron chi connectivity index (χ3n) is 11.2. The van der Waals surface area contributed by atoms with Crippen LogP contribution in [0.25, 0.3) is 39.0 Å². The van der Waals surface area contributed by atoms with E-state index in [1.54, 1.807) is 0 Å². The van der Waals surface area contributed by atoms with E-state index in [4.69, 9.17) is 0 Å². The van der Waals surface area contributed by atoms with E-state index in [-0.39, 0.29) is 11.5 Å². The molecule has 238 valence electrons. The van der Waals surface area contributed by atoms with Gasteiger partial charge in [-0.25, -0.2) is 0 Å². The Morgan fingerprint density at radius 1 is 0.469 bits per heavy atom. The molecule has 1 saturated carbocycles. The second-order valence-electron chi connectivity index (χ2n) is 13.9. The maximum absolute atomic E-state index is 2.66. The zero-order valence-corrected chi connectivity index (χ0v) is 27.9. The van der Waals surface area contributed by atoms with Gasteiger partial charge in [0.15, 0.2) is 0 Å². The first-order chi connectivity index (χ1) is 24.3. The first-order valence-corrected chi connectivity index (χ1v) is 18.0. The van der Waals surface area contributed by atoms with Crippen molar-refractivity contribution in [2.45, 2.75) is 50.0 Å². The number of nitrogens with zero attached hydrogens (tertiary/aromatic N) is 1. The van der Waals surface area contributed by atoms with Gasteiger partial charge >= 0.3 is 0 Å². The molecule has 0 aromatic heterocycles. The highest BCUT2D eigenvalue weighted by atomic mass is 15.2. The van der Waals surface area contributed by atoms with Crippen molar-refractivity contribution in [3.8, 4) is 33.4 Å². The van der Waals surface area contributed by atoms with Crippen molar-refractivity contribution in [3.05, 3.63) is 187 Å². The van der Waals surface area contributed by atoms with Gasteiger partial charge in [-0.05, 0) is 75.9 Å². The fraction of sp³-hybridized carbons (Fsp3) is 0.167. The molecule has 1 heteroatoms. The molecular weight excluding hydrogens is 591 g/mol. The van der Waals surface area contributed by atoms with Crippen LogP contribution < -0.4 is 4.90 Å². The Hall–Kier alpha value is -5.40. The third kappa shape index (κ3) is 5.08. The molecule has 9 rings (SSSR count). The number of fused-ring (bicyclic) bond motifs is 5. The van der Waals surface area contributed by atoms with Gasteiger partial charge in [-0.3, -0.25) is 0 Å². The summed E-state index contributed by atoms with van der Waals surface area (Å²) in [6.45, 7) is 0. The standard InChI is InChI=1S/C48H41N/c1-4-17-35(18-5-1)39-21-8-9-22-40(39)37-29-31-38(32-30-37)49(45-27-13-11-23-41(45)36-19-6-2-7-20-36)46-28-16-26-44-47(46)42-24-10-12-25-43(42)48(44)33-14-3-15-34-48/h1-2,4-13,16-31,38H,3,14-15,32-34H2. The Kier molecular flexibility index (Phi) is 7.62. The number of para-hydroxylation sites is 1. The van der Waals surface area contributed by atoms with Gasteiger partial charge in [-0.15, -0.1) is 0 Å². The van der Waals surface area contributed by atoms with Crippen LogP contribution in [0.4, 0.5) is 11.4 Å². The summed E-state index contributed by atoms with van der Waals surface area (Å²) in [5.74, 6) is 0. The van der Waals surface area contributed by atoms with E-state index < -0.39 is 0 Å². The van der Waals surface area contributed by atoms with Gasteiger partial charge in [-0.1, -0.05) is 177 Å². The fourth-order valence-corrected chi connectivity index (χ4v) is 9.02. The van der Waals surface area contributed by atoms with E-state index in [9.17, 15) is 0 Å². The van der Waals surface area contributed by atoms with Crippen molar-refractivity contribution in [1.29, 1.82) is 0 Å². The Morgan fingerprint density at radius 2 is 1.04 bits per heavy atom. The summed E-state index contributed by atoms with van der Waals surface area (Å²) in [4.78, 5) is 2.66. The largest absolute Gasteiger partial charge is 0.333 e. The van der Waals surface area contributed by atoms with Gasteiger partial charge in [-0.2, -0.15) is 0 Å². The summed E-state index contributed by atoms with van der Waals surface area (Å²) in [5.41, 5.74) is 16.2. The topological polar surface area (TPSA) is 3.24 Å². The first kappa shape index (κ1) is 29.7. The average molecular weight is 632 g/mol. The Balaban J connectivity index is 1.20. The number of anilines is 2. The summed E-state index contributed by atoms with van der Waals surface area (Å²) < 4.78 is 0. The van der Waals surface area contributed by atoms with Crippen LogP contribution in [0.1, 0.15) is 55.2 Å². The molecule has 1 atom stereocenters. The van der Waals surface area contributed by atoms with Crippen molar-refractivity contribution in [2.24, 2.45) is 0 Å². The fourth-order valence-electron chi connectivity index (χ4n) is 9.02. The molecule has 0 aliphatic heterocycles. The lowest BCUT2D eigenvalue weighted by Gasteiger charge is -2.38. The highest BCUT2D eigenvalue weighted by Gasteiger charge is 2.45. The van der Waals surface area contributed by atoms with E-state index in [1.165, 1.54) is 99.1 Å². The normalized spacial score (nSPS) is 17.3. The summed E-state index contributed by atoms with van der Waals surface area (Å²) >= 11 is 0. The van der Waals surface area contributed by atoms with Crippen molar-refractivity contribution in [1.82, 2.24) is 0 Å². The second kappa shape index (κ2) is 12.6. The minimum atomic E-state index is 0.113. The number of rotatable bonds is 6. The summed E-state index contributed by atoms with van der Waals surface area (Å²) in [7, 11) is 0. The molecule has 3 aliphatic rings. The van der Waals surface area contributed by atoms with Crippen LogP contribution in [0.3, 0.4) is 0 Å². The third-order valence-corrected chi connectivity index (χ3v) is 11.2. The van der Waals surface area contributed by atoms with Gasteiger partial charge in [0.05, 0.1) is 6.04 Å². The molecule has 0 heterocycles. The van der Waals surface area contributed by atoms with E-state index in [1.807, 2.05) is 0 Å². The van der Waals surface area contributed by atoms with Crippen LogP contribution in [0.2, 0.25) is 0 Å². The summed E-state index contributed by atoms with van der Waals surface area (Å²) in [6, 6.07) is 56.1. The predicted octanol–water partition coefficient (Wildman–Crippen LogP) is 12.8. The number of hydrogen-bond acceptors (Lipinski definition) is 1. The number of hydrogen-bond donors (Lipinski definition) is 0. The molecule has 6 aromatic rings. The van der Waals surface area contributed by atoms with E-state index in [0.29, 0.717) is 0 Å².